The standard InChI is InChI=1S/C48H72N6O24/c1-25(74-43(49)64)21-70-37(58)31-10-4-5-11-32(31)40(61)73-24-28(57)16-52-46(67)53(17-29(19-55)77-41(62)35-14-8-6-12-33(35)38(59)71-22-26(2)75-44(50)65)48(69)54(47(52)68)18-30(20-56)78-42(63)36-15-9-7-13-34(36)39(60)72-23-27(3)76-45(51)66/h25-36,55-57H,4-24H2,1-3H3,(H2,49,64)(H2,50,65)(H2,51,66). The zero-order chi connectivity index (χ0) is 57.8. The van der Waals surface area contributed by atoms with E-state index in [0.29, 0.717) is 52.2 Å². The first-order valence-electron chi connectivity index (χ1n) is 25.8. The van der Waals surface area contributed by atoms with Crippen LogP contribution in [0.2, 0.25) is 0 Å². The molecule has 78 heavy (non-hydrogen) atoms. The first kappa shape index (κ1) is 63.5. The van der Waals surface area contributed by atoms with Crippen molar-refractivity contribution in [2.75, 3.05) is 39.6 Å². The Kier molecular flexibility index (Phi) is 25.0. The molecule has 0 bridgehead atoms. The molecule has 0 aromatic carbocycles. The molecule has 1 aromatic rings. The van der Waals surface area contributed by atoms with Crippen molar-refractivity contribution in [3.05, 3.63) is 31.5 Å². The third kappa shape index (κ3) is 18.8. The number of carbonyl (C=O) groups is 9. The van der Waals surface area contributed by atoms with Crippen LogP contribution in [0.15, 0.2) is 14.4 Å². The lowest BCUT2D eigenvalue weighted by molar-refractivity contribution is -0.169. The van der Waals surface area contributed by atoms with Gasteiger partial charge in [0.1, 0.15) is 63.1 Å². The number of ether oxygens (including phenoxy) is 9. The Morgan fingerprint density at radius 1 is 0.423 bits per heavy atom. The molecule has 0 radical (unpaired) electrons. The molecule has 4 rings (SSSR count). The summed E-state index contributed by atoms with van der Waals surface area (Å²) in [5.74, 6) is -11.9. The molecule has 3 saturated carbocycles. The fourth-order valence-corrected chi connectivity index (χ4v) is 9.58. The second kappa shape index (κ2) is 30.8. The Balaban J connectivity index is 1.61. The Morgan fingerprint density at radius 2 is 0.667 bits per heavy atom. The van der Waals surface area contributed by atoms with Gasteiger partial charge in [-0.2, -0.15) is 0 Å². The largest absolute Gasteiger partial charge is 0.463 e. The van der Waals surface area contributed by atoms with Crippen LogP contribution in [0, 0.1) is 35.5 Å². The highest BCUT2D eigenvalue weighted by molar-refractivity contribution is 5.84. The van der Waals surface area contributed by atoms with E-state index in [0.717, 1.165) is 0 Å². The Labute approximate surface area is 445 Å². The number of esters is 6. The zero-order valence-corrected chi connectivity index (χ0v) is 43.8. The quantitative estimate of drug-likeness (QED) is 0.0426. The number of rotatable bonds is 27. The molecule has 30 nitrogen and oxygen atoms in total. The molecule has 438 valence electrons. The van der Waals surface area contributed by atoms with Gasteiger partial charge in [0.2, 0.25) is 0 Å². The number of carbonyl (C=O) groups excluding carboxylic acids is 9. The van der Waals surface area contributed by atoms with Crippen LogP contribution in [0.5, 0.6) is 0 Å². The molecular formula is C48H72N6O24. The number of aromatic nitrogens is 3. The third-order valence-corrected chi connectivity index (χ3v) is 13.4. The molecule has 30 heteroatoms. The van der Waals surface area contributed by atoms with Gasteiger partial charge in [0.15, 0.2) is 0 Å². The predicted molar refractivity (Wildman–Crippen MR) is 260 cm³/mol. The van der Waals surface area contributed by atoms with E-state index in [1.165, 1.54) is 20.8 Å². The number of aliphatic hydroxyl groups excluding tert-OH is 3. The Bertz CT molecular complexity index is 2340. The number of hydrogen-bond donors (Lipinski definition) is 6. The van der Waals surface area contributed by atoms with Crippen molar-refractivity contribution < 1.29 is 101 Å². The van der Waals surface area contributed by atoms with Crippen LogP contribution in [0.4, 0.5) is 14.4 Å². The van der Waals surface area contributed by atoms with Crippen LogP contribution in [-0.2, 0) is 91.0 Å². The van der Waals surface area contributed by atoms with Gasteiger partial charge in [-0.15, -0.1) is 0 Å². The first-order valence-corrected chi connectivity index (χ1v) is 25.8. The molecule has 1 aromatic heterocycles. The fraction of sp³-hybridized carbons (Fsp3) is 0.750. The molecule has 0 spiro atoms. The summed E-state index contributed by atoms with van der Waals surface area (Å²) >= 11 is 0. The van der Waals surface area contributed by atoms with Gasteiger partial charge in [-0.3, -0.25) is 28.8 Å². The lowest BCUT2D eigenvalue weighted by atomic mass is 9.79. The van der Waals surface area contributed by atoms with E-state index in [1.807, 2.05) is 0 Å². The molecule has 3 aliphatic carbocycles. The van der Waals surface area contributed by atoms with Gasteiger partial charge in [-0.1, -0.05) is 38.5 Å². The van der Waals surface area contributed by atoms with E-state index in [2.05, 4.69) is 0 Å². The van der Waals surface area contributed by atoms with Crippen LogP contribution in [0.3, 0.4) is 0 Å². The molecule has 9 N–H and O–H groups in total. The second-order valence-electron chi connectivity index (χ2n) is 19.6. The van der Waals surface area contributed by atoms with Crippen molar-refractivity contribution in [1.82, 2.24) is 13.7 Å². The SMILES string of the molecule is CC(COC(=O)C1CCCCC1C(=O)OCC(O)Cn1c(=O)n(CC(CO)OC(=O)C2CCCCC2C(=O)OCC(C)OC(N)=O)c(=O)n(CC(CO)OC(=O)C2CCCCC2C(=O)OCC(C)OC(N)=O)c1=O)OC(N)=O. The Hall–Kier alpha value is -7.08. The summed E-state index contributed by atoms with van der Waals surface area (Å²) in [6.07, 6.45) is -7.31. The van der Waals surface area contributed by atoms with Gasteiger partial charge in [-0.05, 0) is 59.3 Å². The maximum Gasteiger partial charge on any atom is 0.404 e. The van der Waals surface area contributed by atoms with Crippen LogP contribution >= 0.6 is 0 Å². The topological polar surface area (TPSA) is 441 Å². The van der Waals surface area contributed by atoms with Gasteiger partial charge >= 0.3 is 71.2 Å². The number of amides is 3. The van der Waals surface area contributed by atoms with Gasteiger partial charge < -0.3 is 75.2 Å². The molecule has 12 unspecified atom stereocenters. The maximum atomic E-state index is 14.3. The maximum absolute atomic E-state index is 14.3. The lowest BCUT2D eigenvalue weighted by Crippen LogP contribution is -2.58. The predicted octanol–water partition coefficient (Wildman–Crippen LogP) is -1.62. The Morgan fingerprint density at radius 3 is 0.923 bits per heavy atom. The third-order valence-electron chi connectivity index (χ3n) is 13.4. The van der Waals surface area contributed by atoms with Crippen molar-refractivity contribution in [1.29, 1.82) is 0 Å². The van der Waals surface area contributed by atoms with E-state index in [1.54, 1.807) is 0 Å². The summed E-state index contributed by atoms with van der Waals surface area (Å²) in [4.78, 5) is 156. The minimum atomic E-state index is -1.88. The van der Waals surface area contributed by atoms with Gasteiger partial charge in [0, 0.05) is 0 Å². The van der Waals surface area contributed by atoms with E-state index >= 15 is 0 Å². The number of aliphatic hydroxyl groups is 3. The number of nitrogens with zero attached hydrogens (tertiary/aromatic N) is 3. The summed E-state index contributed by atoms with van der Waals surface area (Å²) in [6, 6.07) is 0. The molecule has 0 aliphatic heterocycles. The van der Waals surface area contributed by atoms with Crippen molar-refractivity contribution in [2.24, 2.45) is 52.7 Å². The molecule has 3 fully saturated rings. The summed E-state index contributed by atoms with van der Waals surface area (Å²) in [6.45, 7) is -2.73. The van der Waals surface area contributed by atoms with Crippen LogP contribution in [-0.4, -0.2) is 159 Å². The highest BCUT2D eigenvalue weighted by atomic mass is 16.6. The van der Waals surface area contributed by atoms with E-state index < -0.39 is 183 Å². The van der Waals surface area contributed by atoms with Crippen LogP contribution in [0.1, 0.15) is 97.8 Å². The normalized spacial score (nSPS) is 22.5. The summed E-state index contributed by atoms with van der Waals surface area (Å²) < 4.78 is 47.7. The van der Waals surface area contributed by atoms with E-state index in [-0.39, 0.29) is 58.3 Å². The molecular weight excluding hydrogens is 1040 g/mol. The van der Waals surface area contributed by atoms with Crippen molar-refractivity contribution in [2.45, 2.75) is 154 Å². The minimum absolute atomic E-state index is 0.123. The number of hydrogen-bond acceptors (Lipinski definition) is 24. The highest BCUT2D eigenvalue weighted by Gasteiger charge is 2.42. The monoisotopic (exact) mass is 1120 g/mol. The van der Waals surface area contributed by atoms with Crippen LogP contribution in [0.25, 0.3) is 0 Å². The van der Waals surface area contributed by atoms with Crippen LogP contribution < -0.4 is 34.3 Å². The fourth-order valence-electron chi connectivity index (χ4n) is 9.58. The van der Waals surface area contributed by atoms with Crippen molar-refractivity contribution in [3.63, 3.8) is 0 Å². The van der Waals surface area contributed by atoms with Gasteiger partial charge in [0.25, 0.3) is 0 Å². The highest BCUT2D eigenvalue weighted by Crippen LogP contribution is 2.35. The summed E-state index contributed by atoms with van der Waals surface area (Å²) in [5.41, 5.74) is 10.7. The number of primary amides is 3. The minimum Gasteiger partial charge on any atom is -0.463 e. The zero-order valence-electron chi connectivity index (χ0n) is 43.8. The lowest BCUT2D eigenvalue weighted by Gasteiger charge is -2.30. The molecule has 3 amide bonds. The molecule has 1 heterocycles. The van der Waals surface area contributed by atoms with E-state index in [9.17, 15) is 72.9 Å². The second-order valence-corrected chi connectivity index (χ2v) is 19.6. The number of nitrogens with two attached hydrogens (primary N) is 3. The van der Waals surface area contributed by atoms with Crippen molar-refractivity contribution in [3.8, 4) is 0 Å². The van der Waals surface area contributed by atoms with Crippen molar-refractivity contribution >= 4 is 54.1 Å². The van der Waals surface area contributed by atoms with Gasteiger partial charge in [-0.25, -0.2) is 42.5 Å². The molecule has 0 saturated heterocycles. The average molecular weight is 1120 g/mol. The van der Waals surface area contributed by atoms with E-state index in [4.69, 9.17) is 59.8 Å². The summed E-state index contributed by atoms with van der Waals surface area (Å²) in [7, 11) is 0. The van der Waals surface area contributed by atoms with Gasteiger partial charge in [0.05, 0.1) is 68.4 Å². The molecule has 12 atom stereocenters. The molecule has 3 aliphatic rings. The summed E-state index contributed by atoms with van der Waals surface area (Å²) in [5, 5.41) is 32.2. The smallest absolute Gasteiger partial charge is 0.404 e. The average Bonchev–Trinajstić information content (AvgIpc) is 3.46. The first-order chi connectivity index (χ1) is 36.9.